The van der Waals surface area contributed by atoms with E-state index in [1.807, 2.05) is 0 Å². The number of carbonyl (C=O) groups excluding carboxylic acids is 1. The van der Waals surface area contributed by atoms with Crippen LogP contribution in [0.5, 0.6) is 0 Å². The Labute approximate surface area is 139 Å². The second-order valence-electron chi connectivity index (χ2n) is 5.00. The van der Waals surface area contributed by atoms with Gasteiger partial charge in [-0.25, -0.2) is 4.98 Å². The van der Waals surface area contributed by atoms with E-state index in [2.05, 4.69) is 31.1 Å². The van der Waals surface area contributed by atoms with Gasteiger partial charge in [0, 0.05) is 13.7 Å². The molecule has 9 nitrogen and oxygen atoms in total. The summed E-state index contributed by atoms with van der Waals surface area (Å²) >= 11 is 0. The van der Waals surface area contributed by atoms with Crippen molar-refractivity contribution < 1.29 is 9.53 Å². The first kappa shape index (κ1) is 17.3. The minimum absolute atomic E-state index is 0. The zero-order valence-corrected chi connectivity index (χ0v) is 13.4. The van der Waals surface area contributed by atoms with Gasteiger partial charge in [0.15, 0.2) is 0 Å². The van der Waals surface area contributed by atoms with Crippen molar-refractivity contribution >= 4 is 18.3 Å². The van der Waals surface area contributed by atoms with Gasteiger partial charge in [-0.15, -0.1) is 17.5 Å². The summed E-state index contributed by atoms with van der Waals surface area (Å²) < 4.78 is 6.86. The van der Waals surface area contributed by atoms with Gasteiger partial charge in [0.2, 0.25) is 0 Å². The molecule has 10 heteroatoms. The molecule has 0 bridgehead atoms. The van der Waals surface area contributed by atoms with Crippen LogP contribution in [-0.2, 0) is 4.74 Å². The van der Waals surface area contributed by atoms with Crippen molar-refractivity contribution in [3.63, 3.8) is 0 Å². The molecule has 0 spiro atoms. The Morgan fingerprint density at radius 1 is 1.48 bits per heavy atom. The lowest BCUT2D eigenvalue weighted by Crippen LogP contribution is -2.53. The van der Waals surface area contributed by atoms with E-state index in [4.69, 9.17) is 4.74 Å². The third kappa shape index (κ3) is 4.01. The molecule has 0 unspecified atom stereocenters. The Balaban J connectivity index is 0.00000192. The first-order chi connectivity index (χ1) is 10.8. The highest BCUT2D eigenvalue weighted by Gasteiger charge is 2.26. The molecule has 124 valence electrons. The molecule has 1 fully saturated rings. The predicted octanol–water partition coefficient (Wildman–Crippen LogP) is -0.414. The number of nitrogens with one attached hydrogen (secondary N) is 2. The Hall–Kier alpha value is -2.10. The lowest BCUT2D eigenvalue weighted by atomic mass is 10.0. The van der Waals surface area contributed by atoms with E-state index < -0.39 is 0 Å². The molecule has 23 heavy (non-hydrogen) atoms. The Kier molecular flexibility index (Phi) is 5.97. The van der Waals surface area contributed by atoms with Crippen LogP contribution in [-0.4, -0.2) is 63.4 Å². The van der Waals surface area contributed by atoms with Crippen LogP contribution in [0.4, 0.5) is 0 Å². The minimum Gasteiger partial charge on any atom is -0.378 e. The predicted molar refractivity (Wildman–Crippen MR) is 83.7 cm³/mol. The Morgan fingerprint density at radius 3 is 3.00 bits per heavy atom. The SMILES string of the molecule is CO[C@@H]1CNCC[C@@H]1NC(=O)c1ccc(-n2cnnn2)cn1.Cl. The smallest absolute Gasteiger partial charge is 0.270 e. The van der Waals surface area contributed by atoms with Crippen LogP contribution in [0.1, 0.15) is 16.9 Å². The summed E-state index contributed by atoms with van der Waals surface area (Å²) in [5.74, 6) is -0.211. The maximum absolute atomic E-state index is 12.3. The van der Waals surface area contributed by atoms with Crippen molar-refractivity contribution in [2.75, 3.05) is 20.2 Å². The third-order valence-corrected chi connectivity index (χ3v) is 3.64. The van der Waals surface area contributed by atoms with E-state index in [0.717, 1.165) is 19.5 Å². The number of ether oxygens (including phenoxy) is 1. The van der Waals surface area contributed by atoms with Crippen LogP contribution < -0.4 is 10.6 Å². The van der Waals surface area contributed by atoms with Crippen LogP contribution in [0.2, 0.25) is 0 Å². The number of carbonyl (C=O) groups is 1. The number of aromatic nitrogens is 5. The normalized spacial score (nSPS) is 20.6. The first-order valence-electron chi connectivity index (χ1n) is 7.01. The third-order valence-electron chi connectivity index (χ3n) is 3.64. The number of nitrogens with zero attached hydrogens (tertiary/aromatic N) is 5. The fourth-order valence-electron chi connectivity index (χ4n) is 2.42. The molecule has 3 rings (SSSR count). The largest absolute Gasteiger partial charge is 0.378 e. The number of halogens is 1. The number of hydrogen-bond acceptors (Lipinski definition) is 7. The number of rotatable bonds is 4. The zero-order valence-electron chi connectivity index (χ0n) is 12.5. The van der Waals surface area contributed by atoms with Gasteiger partial charge in [0.25, 0.3) is 5.91 Å². The van der Waals surface area contributed by atoms with E-state index in [9.17, 15) is 4.79 Å². The fraction of sp³-hybridized carbons (Fsp3) is 0.462. The van der Waals surface area contributed by atoms with Crippen molar-refractivity contribution in [2.45, 2.75) is 18.6 Å². The Bertz CT molecular complexity index is 620. The number of methoxy groups -OCH3 is 1. The molecule has 1 aliphatic rings. The second kappa shape index (κ2) is 7.95. The summed E-state index contributed by atoms with van der Waals surface area (Å²) in [5, 5.41) is 17.1. The lowest BCUT2D eigenvalue weighted by molar-refractivity contribution is 0.0475. The molecule has 2 atom stereocenters. The summed E-state index contributed by atoms with van der Waals surface area (Å²) in [6, 6.07) is 3.38. The highest BCUT2D eigenvalue weighted by Crippen LogP contribution is 2.09. The number of piperidine rings is 1. The number of tetrazole rings is 1. The lowest BCUT2D eigenvalue weighted by Gasteiger charge is -2.31. The molecule has 2 aromatic heterocycles. The molecule has 1 saturated heterocycles. The molecule has 2 aromatic rings. The topological polar surface area (TPSA) is 107 Å². The molecular weight excluding hydrogens is 322 g/mol. The van der Waals surface area contributed by atoms with Crippen LogP contribution in [0.3, 0.4) is 0 Å². The van der Waals surface area contributed by atoms with Gasteiger partial charge >= 0.3 is 0 Å². The molecule has 0 aliphatic carbocycles. The quantitative estimate of drug-likeness (QED) is 0.779. The second-order valence-corrected chi connectivity index (χ2v) is 5.00. The van der Waals surface area contributed by atoms with Gasteiger partial charge in [-0.2, -0.15) is 4.68 Å². The molecule has 0 saturated carbocycles. The first-order valence-corrected chi connectivity index (χ1v) is 7.01. The van der Waals surface area contributed by atoms with Gasteiger partial charge in [0.1, 0.15) is 12.0 Å². The van der Waals surface area contributed by atoms with E-state index in [1.54, 1.807) is 25.4 Å². The van der Waals surface area contributed by atoms with Crippen LogP contribution >= 0.6 is 12.4 Å². The molecule has 1 amide bonds. The van der Waals surface area contributed by atoms with Crippen molar-refractivity contribution in [1.82, 2.24) is 35.8 Å². The van der Waals surface area contributed by atoms with Crippen LogP contribution in [0.15, 0.2) is 24.7 Å². The van der Waals surface area contributed by atoms with Crippen LogP contribution in [0, 0.1) is 0 Å². The van der Waals surface area contributed by atoms with E-state index in [1.165, 1.54) is 11.0 Å². The number of amides is 1. The summed E-state index contributed by atoms with van der Waals surface area (Å²) in [5.41, 5.74) is 1.04. The van der Waals surface area contributed by atoms with Crippen molar-refractivity contribution in [2.24, 2.45) is 0 Å². The van der Waals surface area contributed by atoms with Crippen molar-refractivity contribution in [3.8, 4) is 5.69 Å². The maximum atomic E-state index is 12.3. The zero-order chi connectivity index (χ0) is 15.4. The molecule has 1 aliphatic heterocycles. The van der Waals surface area contributed by atoms with Crippen molar-refractivity contribution in [1.29, 1.82) is 0 Å². The van der Waals surface area contributed by atoms with Crippen LogP contribution in [0.25, 0.3) is 5.69 Å². The summed E-state index contributed by atoms with van der Waals surface area (Å²) in [6.07, 6.45) is 3.82. The molecule has 0 aromatic carbocycles. The van der Waals surface area contributed by atoms with Gasteiger partial charge in [-0.3, -0.25) is 4.79 Å². The number of pyridine rings is 1. The van der Waals surface area contributed by atoms with Crippen molar-refractivity contribution in [3.05, 3.63) is 30.4 Å². The molecular formula is C13H18ClN7O2. The standard InChI is InChI=1S/C13H17N7O2.ClH/c1-22-12-7-14-5-4-10(12)17-13(21)11-3-2-9(6-15-11)20-8-16-18-19-20;/h2-3,6,8,10,12,14H,4-5,7H2,1H3,(H,17,21);1H/t10-,12+;/m0./s1. The van der Waals surface area contributed by atoms with E-state index in [0.29, 0.717) is 11.4 Å². The highest BCUT2D eigenvalue weighted by molar-refractivity contribution is 5.92. The van der Waals surface area contributed by atoms with Gasteiger partial charge < -0.3 is 15.4 Å². The summed E-state index contributed by atoms with van der Waals surface area (Å²) in [7, 11) is 1.65. The monoisotopic (exact) mass is 339 g/mol. The van der Waals surface area contributed by atoms with Gasteiger partial charge in [0.05, 0.1) is 24.0 Å². The maximum Gasteiger partial charge on any atom is 0.270 e. The summed E-state index contributed by atoms with van der Waals surface area (Å²) in [4.78, 5) is 16.4. The molecule has 2 N–H and O–H groups in total. The average molecular weight is 340 g/mol. The fourth-order valence-corrected chi connectivity index (χ4v) is 2.42. The highest BCUT2D eigenvalue weighted by atomic mass is 35.5. The van der Waals surface area contributed by atoms with Gasteiger partial charge in [-0.1, -0.05) is 0 Å². The summed E-state index contributed by atoms with van der Waals surface area (Å²) in [6.45, 7) is 1.59. The minimum atomic E-state index is -0.211. The Morgan fingerprint density at radius 2 is 2.35 bits per heavy atom. The van der Waals surface area contributed by atoms with Gasteiger partial charge in [-0.05, 0) is 35.5 Å². The van der Waals surface area contributed by atoms with E-state index in [-0.39, 0.29) is 30.5 Å². The molecule has 3 heterocycles. The molecule has 0 radical (unpaired) electrons. The number of hydrogen-bond donors (Lipinski definition) is 2. The van der Waals surface area contributed by atoms with E-state index >= 15 is 0 Å². The average Bonchev–Trinajstić information content (AvgIpc) is 3.10.